The molecule has 3 amide bonds. The number of rotatable bonds is 9. The molecule has 0 saturated carbocycles. The van der Waals surface area contributed by atoms with Gasteiger partial charge in [-0.05, 0) is 157 Å². The number of carbonyl (C=O) groups excluding carboxylic acids is 6. The van der Waals surface area contributed by atoms with Crippen molar-refractivity contribution in [1.82, 2.24) is 14.7 Å². The van der Waals surface area contributed by atoms with Crippen molar-refractivity contribution in [2.75, 3.05) is 119 Å². The number of hydrogen-bond acceptors (Lipinski definition) is 18. The van der Waals surface area contributed by atoms with E-state index in [0.29, 0.717) is 175 Å². The van der Waals surface area contributed by atoms with E-state index in [1.54, 1.807) is 14.7 Å². The fourth-order valence-corrected chi connectivity index (χ4v) is 11.7. The first-order chi connectivity index (χ1) is 47.1. The molecule has 0 bridgehead atoms. The first-order valence-corrected chi connectivity index (χ1v) is 34.0. The van der Waals surface area contributed by atoms with Crippen LogP contribution in [0.25, 0.3) is 0 Å². The number of cyclic esters (lactones) is 3. The highest BCUT2D eigenvalue weighted by molar-refractivity contribution is 6.33. The molecule has 22 heteroatoms. The third-order valence-electron chi connectivity index (χ3n) is 16.3. The number of amides is 3. The lowest BCUT2D eigenvalue weighted by Gasteiger charge is -2.26. The molecule has 0 radical (unpaired) electrons. The molecule has 6 aliphatic rings. The van der Waals surface area contributed by atoms with Crippen molar-refractivity contribution in [2.24, 2.45) is 15.5 Å². The Kier molecular flexibility index (Phi) is 32.5. The lowest BCUT2D eigenvalue weighted by molar-refractivity contribution is -0.140. The Bertz CT molecular complexity index is 3310. The van der Waals surface area contributed by atoms with Gasteiger partial charge in [-0.15, -0.1) is 0 Å². The maximum atomic E-state index is 12.9. The Labute approximate surface area is 575 Å². The molecule has 3 saturated heterocycles. The SMILES string of the molecule is Cc1cc(C)c2c(c1)CC(=N/OCC(=O)N1CCOCC1)/C=C/CC/C=C/CCOC2=O.Cc1cc(C)c2c(c1)CC(=N\OCC(=O)N1CCOCC1)/C=C/CC/C=C/CCOC2=O.Cc1cc(C)c2c(c1Cl)CC(=N\OCC(=O)N1CCOCC1)/C=C/CC/C=C/CCOC2=O. The molecule has 9 rings (SSSR count). The van der Waals surface area contributed by atoms with E-state index >= 15 is 0 Å². The van der Waals surface area contributed by atoms with Gasteiger partial charge in [-0.3, -0.25) is 14.4 Å². The molecule has 0 atom stereocenters. The summed E-state index contributed by atoms with van der Waals surface area (Å²) >= 11 is 6.64. The van der Waals surface area contributed by atoms with E-state index in [1.165, 1.54) is 0 Å². The van der Waals surface area contributed by atoms with Gasteiger partial charge < -0.3 is 57.6 Å². The lowest BCUT2D eigenvalue weighted by atomic mass is 9.94. The zero-order chi connectivity index (χ0) is 69.2. The van der Waals surface area contributed by atoms with Gasteiger partial charge in [-0.1, -0.05) is 123 Å². The van der Waals surface area contributed by atoms with Crippen LogP contribution >= 0.6 is 11.6 Å². The van der Waals surface area contributed by atoms with Gasteiger partial charge in [0.25, 0.3) is 17.7 Å². The van der Waals surface area contributed by atoms with Crippen molar-refractivity contribution >= 4 is 64.4 Å². The summed E-state index contributed by atoms with van der Waals surface area (Å²) in [5, 5.41) is 13.2. The molecule has 0 aliphatic carbocycles. The van der Waals surface area contributed by atoms with Crippen molar-refractivity contribution in [2.45, 2.75) is 119 Å². The summed E-state index contributed by atoms with van der Waals surface area (Å²) in [5.41, 5.74) is 11.3. The van der Waals surface area contributed by atoms with E-state index in [0.717, 1.165) is 83.0 Å². The number of ether oxygens (including phenoxy) is 6. The average molecular weight is 1360 g/mol. The van der Waals surface area contributed by atoms with Gasteiger partial charge in [0.15, 0.2) is 19.8 Å². The molecular weight excluding hydrogens is 1260 g/mol. The van der Waals surface area contributed by atoms with Gasteiger partial charge in [-0.2, -0.15) is 0 Å². The molecule has 3 aromatic carbocycles. The summed E-state index contributed by atoms with van der Waals surface area (Å²) < 4.78 is 32.4. The second-order valence-corrected chi connectivity index (χ2v) is 24.5. The van der Waals surface area contributed by atoms with Gasteiger partial charge in [0.1, 0.15) is 0 Å². The van der Waals surface area contributed by atoms with Gasteiger partial charge in [-0.25, -0.2) is 14.4 Å². The van der Waals surface area contributed by atoms with Crippen LogP contribution in [0.4, 0.5) is 0 Å². The van der Waals surface area contributed by atoms with Crippen molar-refractivity contribution in [3.8, 4) is 0 Å². The summed E-state index contributed by atoms with van der Waals surface area (Å²) in [5.74, 6) is -1.40. The highest BCUT2D eigenvalue weighted by Gasteiger charge is 2.25. The Morgan fingerprint density at radius 1 is 0.392 bits per heavy atom. The minimum Gasteiger partial charge on any atom is -0.462 e. The maximum absolute atomic E-state index is 12.9. The number of aryl methyl sites for hydroxylation is 6. The normalized spacial score (nSPS) is 21.2. The summed E-state index contributed by atoms with van der Waals surface area (Å²) in [4.78, 5) is 97.0. The second kappa shape index (κ2) is 41.6. The summed E-state index contributed by atoms with van der Waals surface area (Å²) in [6, 6.07) is 9.81. The smallest absolute Gasteiger partial charge is 0.338 e. The number of hydrogen-bond donors (Lipinski definition) is 0. The zero-order valence-corrected chi connectivity index (χ0v) is 58.0. The predicted molar refractivity (Wildman–Crippen MR) is 373 cm³/mol. The minimum atomic E-state index is -0.401. The Balaban J connectivity index is 0.000000205. The second-order valence-electron chi connectivity index (χ2n) is 24.1. The van der Waals surface area contributed by atoms with Crippen LogP contribution in [0.15, 0.2) is 119 Å². The first-order valence-electron chi connectivity index (χ1n) is 33.6. The van der Waals surface area contributed by atoms with E-state index in [-0.39, 0.29) is 55.9 Å². The molecule has 21 nitrogen and oxygen atoms in total. The number of fused-ring (bicyclic) bond motifs is 3. The molecule has 3 aromatic rings. The molecular formula is C75H95ClN6O15. The third kappa shape index (κ3) is 25.8. The predicted octanol–water partition coefficient (Wildman–Crippen LogP) is 11.2. The minimum absolute atomic E-state index is 0.108. The van der Waals surface area contributed by atoms with Crippen molar-refractivity contribution < 1.29 is 71.7 Å². The monoisotopic (exact) mass is 1350 g/mol. The van der Waals surface area contributed by atoms with Crippen LogP contribution in [0.5, 0.6) is 0 Å². The lowest BCUT2D eigenvalue weighted by Crippen LogP contribution is -2.42. The van der Waals surface area contributed by atoms with Gasteiger partial charge in [0.05, 0.1) is 93.3 Å². The average Bonchev–Trinajstić information content (AvgIpc) is 0.853. The van der Waals surface area contributed by atoms with Crippen LogP contribution in [-0.2, 0) is 76.6 Å². The number of halogens is 1. The highest BCUT2D eigenvalue weighted by Crippen LogP contribution is 2.30. The Morgan fingerprint density at radius 2 is 0.701 bits per heavy atom. The van der Waals surface area contributed by atoms with Crippen molar-refractivity contribution in [1.29, 1.82) is 0 Å². The van der Waals surface area contributed by atoms with Gasteiger partial charge >= 0.3 is 17.9 Å². The summed E-state index contributed by atoms with van der Waals surface area (Å²) in [6.45, 7) is 18.8. The topological polar surface area (TPSA) is 232 Å². The molecule has 6 aliphatic heterocycles. The largest absolute Gasteiger partial charge is 0.462 e. The van der Waals surface area contributed by atoms with Crippen LogP contribution in [0.1, 0.15) is 139 Å². The fourth-order valence-electron chi connectivity index (χ4n) is 11.4. The van der Waals surface area contributed by atoms with Crippen LogP contribution in [0.3, 0.4) is 0 Å². The molecule has 0 spiro atoms. The molecule has 0 unspecified atom stereocenters. The van der Waals surface area contributed by atoms with E-state index in [1.807, 2.05) is 127 Å². The van der Waals surface area contributed by atoms with Crippen LogP contribution in [-0.4, -0.2) is 186 Å². The molecule has 3 fully saturated rings. The third-order valence-corrected chi connectivity index (χ3v) is 16.8. The standard InChI is InChI=1S/C25H31ClN2O5.2C25H32N2O5/c1-18-15-19(2)24(26)21-16-20(27-33-17-22(29)28-10-13-31-14-11-28)9-7-5-3-4-6-8-12-32-25(30)23(18)21;2*1-19-15-20(2)24-21(16-19)17-22(9-7-5-3-4-6-8-12-31-25(24)29)26-32-18-23(28)27-10-13-30-14-11-27/h4,6-7,9,15H,3,5,8,10-14,16-17H2,1-2H3;2*4,6-7,9,15-16H,3,5,8,10-14,17-18H2,1-2H3/b6-4+,9-7+,27-20-;6-4+,9-7+,26-22+;6-4+,9-7+,26-22-. The van der Waals surface area contributed by atoms with E-state index in [4.69, 9.17) is 54.5 Å². The summed E-state index contributed by atoms with van der Waals surface area (Å²) in [7, 11) is 0. The highest BCUT2D eigenvalue weighted by atomic mass is 35.5. The van der Waals surface area contributed by atoms with Crippen LogP contribution in [0.2, 0.25) is 5.02 Å². The van der Waals surface area contributed by atoms with Crippen LogP contribution in [0, 0.1) is 41.5 Å². The number of carbonyl (C=O) groups is 6. The van der Waals surface area contributed by atoms with E-state index in [2.05, 4.69) is 33.7 Å². The molecule has 522 valence electrons. The van der Waals surface area contributed by atoms with Gasteiger partial charge in [0, 0.05) is 63.6 Å². The molecule has 0 aromatic heterocycles. The molecule has 6 heterocycles. The van der Waals surface area contributed by atoms with Gasteiger partial charge in [0.2, 0.25) is 0 Å². The van der Waals surface area contributed by atoms with Crippen molar-refractivity contribution in [3.05, 3.63) is 175 Å². The molecule has 0 N–H and O–H groups in total. The fraction of sp³-hybridized carbons (Fsp3) is 0.480. The summed E-state index contributed by atoms with van der Waals surface area (Å²) in [6.07, 6.45) is 32.5. The quantitative estimate of drug-likeness (QED) is 0.0839. The van der Waals surface area contributed by atoms with E-state index < -0.39 is 5.97 Å². The number of oxime groups is 3. The maximum Gasteiger partial charge on any atom is 0.338 e. The number of benzene rings is 3. The number of esters is 3. The number of allylic oxidation sites excluding steroid dienone is 9. The molecule has 97 heavy (non-hydrogen) atoms. The first kappa shape index (κ1) is 75.9. The Morgan fingerprint density at radius 3 is 1.06 bits per heavy atom. The zero-order valence-electron chi connectivity index (χ0n) is 57.2. The van der Waals surface area contributed by atoms with Crippen molar-refractivity contribution in [3.63, 3.8) is 0 Å². The number of nitrogens with zero attached hydrogens (tertiary/aromatic N) is 6. The number of morpholine rings is 3. The Hall–Kier alpha value is -8.50. The van der Waals surface area contributed by atoms with E-state index in [9.17, 15) is 28.8 Å². The van der Waals surface area contributed by atoms with Crippen LogP contribution < -0.4 is 0 Å².